The number of ether oxygens (including phenoxy) is 1. The van der Waals surface area contributed by atoms with Gasteiger partial charge in [-0.2, -0.15) is 0 Å². The number of alkyl halides is 2. The van der Waals surface area contributed by atoms with Gasteiger partial charge in [-0.05, 0) is 37.3 Å². The second-order valence-corrected chi connectivity index (χ2v) is 8.47. The summed E-state index contributed by atoms with van der Waals surface area (Å²) in [5.41, 5.74) is 15.0. The fourth-order valence-electron chi connectivity index (χ4n) is 3.72. The number of para-hydroxylation sites is 1. The van der Waals surface area contributed by atoms with Gasteiger partial charge in [0.25, 0.3) is 6.43 Å². The molecule has 6 N–H and O–H groups in total. The largest absolute Gasteiger partial charge is 0.494 e. The summed E-state index contributed by atoms with van der Waals surface area (Å²) < 4.78 is 31.3. The zero-order chi connectivity index (χ0) is 26.9. The van der Waals surface area contributed by atoms with E-state index in [1.54, 1.807) is 51.6 Å². The van der Waals surface area contributed by atoms with Gasteiger partial charge in [0.2, 0.25) is 0 Å². The maximum atomic E-state index is 12.8. The highest BCUT2D eigenvalue weighted by atomic mass is 19.3. The highest BCUT2D eigenvalue weighted by molar-refractivity contribution is 6.05. The minimum absolute atomic E-state index is 0.0891. The normalized spacial score (nSPS) is 15.8. The molecule has 0 bridgehead atoms. The van der Waals surface area contributed by atoms with Crippen molar-refractivity contribution in [3.8, 4) is 5.75 Å². The van der Waals surface area contributed by atoms with Crippen molar-refractivity contribution in [1.82, 2.24) is 9.88 Å². The number of hydrogen-bond acceptors (Lipinski definition) is 8. The van der Waals surface area contributed by atoms with Gasteiger partial charge in [0.05, 0.1) is 35.9 Å². The summed E-state index contributed by atoms with van der Waals surface area (Å²) in [6, 6.07) is 10.2. The Kier molecular flexibility index (Phi) is 9.45. The Morgan fingerprint density at radius 2 is 2.00 bits per heavy atom. The van der Waals surface area contributed by atoms with Crippen molar-refractivity contribution in [3.63, 3.8) is 0 Å². The summed E-state index contributed by atoms with van der Waals surface area (Å²) in [6.07, 6.45) is 2.37. The number of nitrogens with two attached hydrogens (primary N) is 2. The molecule has 11 heteroatoms. The standard InChI is InChI=1S/C26H32F2N8O/c1-16(29)23(12-24(31)32-2)35-21-8-5-7-19(25(21)37-3)20(30)10-11-33-18-14-36(15-18)13-17-6-4-9-22(34-17)26(27)28/h4-12,18,26,29,35H,13-15,30H2,1-3H3,(H2,31,32)/b20-10-,23-12+,29-16?,33-11?. The van der Waals surface area contributed by atoms with Gasteiger partial charge in [0.15, 0.2) is 5.75 Å². The molecule has 0 amide bonds. The number of nitrogens with zero attached hydrogens (tertiary/aromatic N) is 4. The van der Waals surface area contributed by atoms with E-state index in [9.17, 15) is 8.78 Å². The number of methoxy groups -OCH3 is 1. The van der Waals surface area contributed by atoms with Crippen LogP contribution in [0, 0.1) is 5.41 Å². The first-order valence-electron chi connectivity index (χ1n) is 11.6. The maximum Gasteiger partial charge on any atom is 0.280 e. The summed E-state index contributed by atoms with van der Waals surface area (Å²) in [5, 5.41) is 11.2. The van der Waals surface area contributed by atoms with E-state index in [2.05, 4.69) is 25.2 Å². The molecule has 2 heterocycles. The molecule has 0 spiro atoms. The highest BCUT2D eigenvalue weighted by Gasteiger charge is 2.26. The van der Waals surface area contributed by atoms with Crippen LogP contribution in [0.2, 0.25) is 0 Å². The number of allylic oxidation sites excluding steroid dienone is 2. The van der Waals surface area contributed by atoms with Gasteiger partial charge >= 0.3 is 0 Å². The van der Waals surface area contributed by atoms with Crippen LogP contribution in [0.4, 0.5) is 14.5 Å². The Hall–Kier alpha value is -4.12. The van der Waals surface area contributed by atoms with Crippen LogP contribution in [-0.2, 0) is 6.54 Å². The summed E-state index contributed by atoms with van der Waals surface area (Å²) in [7, 11) is 3.12. The van der Waals surface area contributed by atoms with E-state index in [0.717, 1.165) is 0 Å². The molecule has 0 radical (unpaired) electrons. The van der Waals surface area contributed by atoms with Crippen molar-refractivity contribution in [2.24, 2.45) is 21.5 Å². The number of nitrogens with one attached hydrogen (secondary N) is 2. The second-order valence-electron chi connectivity index (χ2n) is 8.47. The third kappa shape index (κ3) is 7.43. The van der Waals surface area contributed by atoms with E-state index in [1.165, 1.54) is 6.07 Å². The number of hydrogen-bond donors (Lipinski definition) is 4. The van der Waals surface area contributed by atoms with E-state index in [4.69, 9.17) is 21.6 Å². The lowest BCUT2D eigenvalue weighted by atomic mass is 10.1. The molecular formula is C26H32F2N8O. The SMILES string of the molecule is CN=C(N)/C=C(/Nc1cccc(/C(N)=C/C=NC2CN(Cc3cccc(C(F)F)n3)C2)c1OC)C(C)=N. The van der Waals surface area contributed by atoms with Gasteiger partial charge in [-0.3, -0.25) is 19.9 Å². The van der Waals surface area contributed by atoms with Crippen molar-refractivity contribution < 1.29 is 13.5 Å². The predicted molar refractivity (Wildman–Crippen MR) is 145 cm³/mol. The molecule has 3 rings (SSSR count). The summed E-state index contributed by atoms with van der Waals surface area (Å²) in [6.45, 7) is 3.55. The van der Waals surface area contributed by atoms with E-state index >= 15 is 0 Å². The topological polar surface area (TPSA) is 138 Å². The van der Waals surface area contributed by atoms with Gasteiger partial charge in [-0.25, -0.2) is 8.78 Å². The number of aromatic nitrogens is 1. The number of rotatable bonds is 11. The first kappa shape index (κ1) is 27.5. The van der Waals surface area contributed by atoms with Crippen LogP contribution >= 0.6 is 0 Å². The third-order valence-electron chi connectivity index (χ3n) is 5.68. The monoisotopic (exact) mass is 510 g/mol. The molecule has 1 aliphatic rings. The van der Waals surface area contributed by atoms with Crippen molar-refractivity contribution in [3.05, 3.63) is 71.2 Å². The van der Waals surface area contributed by atoms with Gasteiger partial charge < -0.3 is 26.9 Å². The first-order valence-corrected chi connectivity index (χ1v) is 11.6. The van der Waals surface area contributed by atoms with Crippen LogP contribution in [-0.4, -0.2) is 60.9 Å². The Balaban J connectivity index is 1.64. The fourth-order valence-corrected chi connectivity index (χ4v) is 3.72. The third-order valence-corrected chi connectivity index (χ3v) is 5.68. The predicted octanol–water partition coefficient (Wildman–Crippen LogP) is 3.61. The molecule has 196 valence electrons. The molecule has 1 fully saturated rings. The molecular weight excluding hydrogens is 478 g/mol. The zero-order valence-electron chi connectivity index (χ0n) is 21.1. The number of amidine groups is 1. The average molecular weight is 511 g/mol. The van der Waals surface area contributed by atoms with Gasteiger partial charge in [-0.15, -0.1) is 0 Å². The molecule has 1 aromatic carbocycles. The highest BCUT2D eigenvalue weighted by Crippen LogP contribution is 2.32. The molecule has 1 aromatic heterocycles. The summed E-state index contributed by atoms with van der Waals surface area (Å²) in [4.78, 5) is 14.5. The number of halogens is 2. The molecule has 0 atom stereocenters. The summed E-state index contributed by atoms with van der Waals surface area (Å²) in [5.74, 6) is 0.796. The number of benzene rings is 1. The molecule has 1 aliphatic heterocycles. The lowest BCUT2D eigenvalue weighted by molar-refractivity contribution is 0.136. The van der Waals surface area contributed by atoms with E-state index in [1.807, 2.05) is 18.2 Å². The lowest BCUT2D eigenvalue weighted by Crippen LogP contribution is -2.49. The Bertz CT molecular complexity index is 1230. The van der Waals surface area contributed by atoms with Crippen LogP contribution in [0.3, 0.4) is 0 Å². The molecule has 9 nitrogen and oxygen atoms in total. The second kappa shape index (κ2) is 12.7. The Morgan fingerprint density at radius 3 is 2.65 bits per heavy atom. The van der Waals surface area contributed by atoms with Crippen LogP contribution in [0.15, 0.2) is 64.2 Å². The molecule has 2 aromatic rings. The van der Waals surface area contributed by atoms with E-state index in [-0.39, 0.29) is 23.3 Å². The molecule has 0 saturated carbocycles. The minimum Gasteiger partial charge on any atom is -0.494 e. The Labute approximate surface area is 215 Å². The van der Waals surface area contributed by atoms with Crippen LogP contribution in [0.25, 0.3) is 5.70 Å². The smallest absolute Gasteiger partial charge is 0.280 e. The molecule has 0 unspecified atom stereocenters. The molecule has 0 aliphatic carbocycles. The van der Waals surface area contributed by atoms with E-state index in [0.29, 0.717) is 53.7 Å². The molecule has 1 saturated heterocycles. The summed E-state index contributed by atoms with van der Waals surface area (Å²) >= 11 is 0. The van der Waals surface area contributed by atoms with Crippen molar-refractivity contribution in [2.45, 2.75) is 25.9 Å². The van der Waals surface area contributed by atoms with Crippen molar-refractivity contribution >= 4 is 29.1 Å². The quantitative estimate of drug-likeness (QED) is 0.269. The number of anilines is 1. The van der Waals surface area contributed by atoms with Gasteiger partial charge in [0.1, 0.15) is 11.5 Å². The van der Waals surface area contributed by atoms with Gasteiger partial charge in [0, 0.05) is 50.2 Å². The van der Waals surface area contributed by atoms with Crippen molar-refractivity contribution in [1.29, 1.82) is 5.41 Å². The van der Waals surface area contributed by atoms with Gasteiger partial charge in [-0.1, -0.05) is 12.1 Å². The van der Waals surface area contributed by atoms with Crippen molar-refractivity contribution in [2.75, 3.05) is 32.6 Å². The zero-order valence-corrected chi connectivity index (χ0v) is 21.1. The van der Waals surface area contributed by atoms with Crippen LogP contribution < -0.4 is 21.5 Å². The number of aliphatic imine (C=N–C) groups is 2. The molecule has 37 heavy (non-hydrogen) atoms. The average Bonchev–Trinajstić information content (AvgIpc) is 2.86. The Morgan fingerprint density at radius 1 is 1.27 bits per heavy atom. The maximum absolute atomic E-state index is 12.8. The number of likely N-dealkylation sites (tertiary alicyclic amines) is 1. The lowest BCUT2D eigenvalue weighted by Gasteiger charge is -2.36. The van der Waals surface area contributed by atoms with E-state index < -0.39 is 6.43 Å². The number of pyridine rings is 1. The van der Waals surface area contributed by atoms with Crippen LogP contribution in [0.5, 0.6) is 5.75 Å². The first-order chi connectivity index (χ1) is 17.7. The minimum atomic E-state index is -2.58. The van der Waals surface area contributed by atoms with Crippen LogP contribution in [0.1, 0.15) is 30.3 Å². The fraction of sp³-hybridized carbons (Fsp3) is 0.308.